The lowest BCUT2D eigenvalue weighted by atomic mass is 10.0. The summed E-state index contributed by atoms with van der Waals surface area (Å²) in [5, 5.41) is -0.412. The molecule has 0 spiro atoms. The van der Waals surface area contributed by atoms with Crippen molar-refractivity contribution in [2.75, 3.05) is 7.11 Å². The van der Waals surface area contributed by atoms with Crippen molar-refractivity contribution in [3.63, 3.8) is 0 Å². The van der Waals surface area contributed by atoms with Crippen LogP contribution in [-0.4, -0.2) is 7.11 Å². The van der Waals surface area contributed by atoms with Crippen molar-refractivity contribution in [3.05, 3.63) is 63.9 Å². The molecule has 2 aromatic rings. The van der Waals surface area contributed by atoms with Gasteiger partial charge >= 0.3 is 0 Å². The maximum Gasteiger partial charge on any atom is 0.142 e. The molecule has 0 fully saturated rings. The van der Waals surface area contributed by atoms with Crippen LogP contribution in [0.1, 0.15) is 16.5 Å². The number of halogens is 3. The molecule has 0 aliphatic carbocycles. The van der Waals surface area contributed by atoms with E-state index in [0.29, 0.717) is 16.5 Å². The Morgan fingerprint density at radius 1 is 1.26 bits per heavy atom. The predicted molar refractivity (Wildman–Crippen MR) is 79.4 cm³/mol. The number of benzene rings is 2. The van der Waals surface area contributed by atoms with Crippen LogP contribution in [0.25, 0.3) is 0 Å². The average molecular weight is 344 g/mol. The highest BCUT2D eigenvalue weighted by molar-refractivity contribution is 9.10. The lowest BCUT2D eigenvalue weighted by Gasteiger charge is -2.12. The summed E-state index contributed by atoms with van der Waals surface area (Å²) in [6.45, 7) is 0. The third-order valence-electron chi connectivity index (χ3n) is 2.87. The van der Waals surface area contributed by atoms with Crippen LogP contribution in [0.4, 0.5) is 4.39 Å². The quantitative estimate of drug-likeness (QED) is 0.700. The van der Waals surface area contributed by atoms with E-state index in [0.717, 1.165) is 11.3 Å². The van der Waals surface area contributed by atoms with Crippen LogP contribution in [0.2, 0.25) is 0 Å². The topological polar surface area (TPSA) is 9.23 Å². The Morgan fingerprint density at radius 3 is 2.74 bits per heavy atom. The van der Waals surface area contributed by atoms with Gasteiger partial charge < -0.3 is 4.74 Å². The van der Waals surface area contributed by atoms with Gasteiger partial charge in [0.25, 0.3) is 0 Å². The Kier molecular flexibility index (Phi) is 4.83. The summed E-state index contributed by atoms with van der Waals surface area (Å²) in [6, 6.07) is 12.8. The molecule has 0 saturated heterocycles. The maximum absolute atomic E-state index is 13.9. The Morgan fingerprint density at radius 2 is 2.00 bits per heavy atom. The van der Waals surface area contributed by atoms with Crippen molar-refractivity contribution in [1.82, 2.24) is 0 Å². The van der Waals surface area contributed by atoms with Crippen molar-refractivity contribution in [1.29, 1.82) is 0 Å². The maximum atomic E-state index is 13.9. The van der Waals surface area contributed by atoms with Crippen LogP contribution < -0.4 is 4.74 Å². The van der Waals surface area contributed by atoms with Crippen molar-refractivity contribution < 1.29 is 9.13 Å². The highest BCUT2D eigenvalue weighted by Crippen LogP contribution is 2.31. The van der Waals surface area contributed by atoms with Crippen molar-refractivity contribution >= 4 is 27.5 Å². The van der Waals surface area contributed by atoms with Gasteiger partial charge in [0.05, 0.1) is 17.0 Å². The van der Waals surface area contributed by atoms with Crippen molar-refractivity contribution in [2.24, 2.45) is 0 Å². The molecule has 1 unspecified atom stereocenters. The number of ether oxygens (including phenoxy) is 1. The minimum absolute atomic E-state index is 0.301. The monoisotopic (exact) mass is 342 g/mol. The van der Waals surface area contributed by atoms with Gasteiger partial charge in [-0.05, 0) is 46.1 Å². The second-order valence-electron chi connectivity index (χ2n) is 4.17. The third kappa shape index (κ3) is 3.48. The van der Waals surface area contributed by atoms with Crippen LogP contribution in [-0.2, 0) is 6.42 Å². The molecule has 2 aromatic carbocycles. The van der Waals surface area contributed by atoms with E-state index in [1.54, 1.807) is 25.3 Å². The van der Waals surface area contributed by atoms with E-state index in [4.69, 9.17) is 16.3 Å². The number of hydrogen-bond donors (Lipinski definition) is 0. The van der Waals surface area contributed by atoms with Crippen LogP contribution in [0, 0.1) is 5.82 Å². The zero-order valence-corrected chi connectivity index (χ0v) is 12.7. The second-order valence-corrected chi connectivity index (χ2v) is 5.55. The van der Waals surface area contributed by atoms with Crippen LogP contribution >= 0.6 is 27.5 Å². The first-order chi connectivity index (χ1) is 9.11. The summed E-state index contributed by atoms with van der Waals surface area (Å²) >= 11 is 9.48. The average Bonchev–Trinajstić information content (AvgIpc) is 2.42. The molecule has 0 amide bonds. The van der Waals surface area contributed by atoms with Crippen LogP contribution in [0.15, 0.2) is 46.9 Å². The molecular weight excluding hydrogens is 331 g/mol. The molecule has 0 saturated carbocycles. The van der Waals surface area contributed by atoms with Gasteiger partial charge in [0, 0.05) is 5.56 Å². The molecule has 100 valence electrons. The van der Waals surface area contributed by atoms with E-state index >= 15 is 0 Å². The van der Waals surface area contributed by atoms with E-state index in [1.807, 2.05) is 24.3 Å². The molecular formula is C15H13BrClFO. The molecule has 19 heavy (non-hydrogen) atoms. The molecule has 4 heteroatoms. The summed E-state index contributed by atoms with van der Waals surface area (Å²) in [7, 11) is 1.62. The van der Waals surface area contributed by atoms with Gasteiger partial charge in [-0.2, -0.15) is 0 Å². The van der Waals surface area contributed by atoms with E-state index < -0.39 is 5.38 Å². The summed E-state index contributed by atoms with van der Waals surface area (Å²) in [4.78, 5) is 0. The van der Waals surface area contributed by atoms with Crippen molar-refractivity contribution in [3.8, 4) is 5.75 Å². The van der Waals surface area contributed by atoms with E-state index in [-0.39, 0.29) is 5.82 Å². The SMILES string of the molecule is COc1cccc(CC(Cl)c2cccc(Br)c2F)c1. The third-order valence-corrected chi connectivity index (χ3v) is 3.87. The standard InChI is InChI=1S/C15H13BrClFO/c1-19-11-5-2-4-10(8-11)9-14(17)12-6-3-7-13(16)15(12)18/h2-8,14H,9H2,1H3. The first-order valence-corrected chi connectivity index (χ1v) is 7.05. The number of alkyl halides is 1. The minimum Gasteiger partial charge on any atom is -0.497 e. The van der Waals surface area contributed by atoms with Crippen molar-refractivity contribution in [2.45, 2.75) is 11.8 Å². The van der Waals surface area contributed by atoms with Crippen LogP contribution in [0.5, 0.6) is 5.75 Å². The second kappa shape index (κ2) is 6.40. The summed E-state index contributed by atoms with van der Waals surface area (Å²) in [5.74, 6) is 0.474. The molecule has 2 rings (SSSR count). The fourth-order valence-electron chi connectivity index (χ4n) is 1.88. The van der Waals surface area contributed by atoms with Crippen LogP contribution in [0.3, 0.4) is 0 Å². The molecule has 1 nitrogen and oxygen atoms in total. The zero-order chi connectivity index (χ0) is 13.8. The van der Waals surface area contributed by atoms with Gasteiger partial charge in [-0.1, -0.05) is 24.3 Å². The molecule has 0 aliphatic rings. The molecule has 1 atom stereocenters. The predicted octanol–water partition coefficient (Wildman–Crippen LogP) is 5.12. The summed E-state index contributed by atoms with van der Waals surface area (Å²) in [5.41, 5.74) is 1.51. The highest BCUT2D eigenvalue weighted by atomic mass is 79.9. The van der Waals surface area contributed by atoms with Gasteiger partial charge in [0.1, 0.15) is 11.6 Å². The molecule has 0 radical (unpaired) electrons. The zero-order valence-electron chi connectivity index (χ0n) is 10.4. The first-order valence-electron chi connectivity index (χ1n) is 5.82. The largest absolute Gasteiger partial charge is 0.497 e. The normalized spacial score (nSPS) is 12.2. The smallest absolute Gasteiger partial charge is 0.142 e. The summed E-state index contributed by atoms with van der Waals surface area (Å²) in [6.07, 6.45) is 0.548. The van der Waals surface area contributed by atoms with Gasteiger partial charge in [0.2, 0.25) is 0 Å². The number of hydrogen-bond acceptors (Lipinski definition) is 1. The van der Waals surface area contributed by atoms with E-state index in [1.165, 1.54) is 0 Å². The minimum atomic E-state index is -0.412. The van der Waals surface area contributed by atoms with Gasteiger partial charge in [-0.3, -0.25) is 0 Å². The Labute approximate surface area is 125 Å². The van der Waals surface area contributed by atoms with E-state index in [9.17, 15) is 4.39 Å². The first kappa shape index (κ1) is 14.4. The fraction of sp³-hybridized carbons (Fsp3) is 0.200. The molecule has 0 bridgehead atoms. The summed E-state index contributed by atoms with van der Waals surface area (Å²) < 4.78 is 19.5. The Bertz CT molecular complexity index is 574. The van der Waals surface area contributed by atoms with Gasteiger partial charge in [0.15, 0.2) is 0 Å². The number of methoxy groups -OCH3 is 1. The fourth-order valence-corrected chi connectivity index (χ4v) is 2.61. The van der Waals surface area contributed by atoms with Gasteiger partial charge in [-0.15, -0.1) is 11.6 Å². The molecule has 0 aromatic heterocycles. The van der Waals surface area contributed by atoms with Gasteiger partial charge in [-0.25, -0.2) is 4.39 Å². The number of rotatable bonds is 4. The highest BCUT2D eigenvalue weighted by Gasteiger charge is 2.15. The molecule has 0 N–H and O–H groups in total. The molecule has 0 aliphatic heterocycles. The molecule has 0 heterocycles. The lowest BCUT2D eigenvalue weighted by molar-refractivity contribution is 0.414. The lowest BCUT2D eigenvalue weighted by Crippen LogP contribution is -2.00. The Hall–Kier alpha value is -1.06. The Balaban J connectivity index is 2.20. The van der Waals surface area contributed by atoms with E-state index in [2.05, 4.69) is 15.9 Å².